The van der Waals surface area contributed by atoms with Crippen molar-refractivity contribution in [3.63, 3.8) is 0 Å². The molecule has 1 aromatic heterocycles. The molecule has 4 N–H and O–H groups in total. The zero-order chi connectivity index (χ0) is 14.4. The van der Waals surface area contributed by atoms with E-state index in [1.807, 2.05) is 5.43 Å². The summed E-state index contributed by atoms with van der Waals surface area (Å²) in [5.74, 6) is 5.33. The van der Waals surface area contributed by atoms with Gasteiger partial charge in [-0.15, -0.1) is 0 Å². The van der Waals surface area contributed by atoms with Crippen LogP contribution in [0.1, 0.15) is 21.6 Å². The maximum Gasteiger partial charge on any atom is 0.266 e. The van der Waals surface area contributed by atoms with Gasteiger partial charge in [0.2, 0.25) is 0 Å². The van der Waals surface area contributed by atoms with Crippen molar-refractivity contribution in [2.24, 2.45) is 5.84 Å². The Morgan fingerprint density at radius 3 is 2.55 bits per heavy atom. The van der Waals surface area contributed by atoms with Crippen molar-refractivity contribution < 1.29 is 14.6 Å². The lowest BCUT2D eigenvalue weighted by molar-refractivity contribution is 0.0953. The predicted octanol–water partition coefficient (Wildman–Crippen LogP) is 0.756. The lowest BCUT2D eigenvalue weighted by atomic mass is 10.2. The molecule has 0 aliphatic heterocycles. The van der Waals surface area contributed by atoms with Crippen LogP contribution in [0.15, 0.2) is 42.6 Å². The van der Waals surface area contributed by atoms with Crippen LogP contribution in [0.5, 0.6) is 5.75 Å². The summed E-state index contributed by atoms with van der Waals surface area (Å²) in [4.78, 5) is 15.4. The second kappa shape index (κ2) is 6.65. The number of amides is 1. The molecule has 104 valence electrons. The zero-order valence-corrected chi connectivity index (χ0v) is 10.7. The molecule has 1 aromatic carbocycles. The van der Waals surface area contributed by atoms with Crippen molar-refractivity contribution in [3.05, 3.63) is 59.4 Å². The first-order valence-electron chi connectivity index (χ1n) is 6.01. The number of hydrogen-bond acceptors (Lipinski definition) is 5. The number of carbonyl (C=O) groups is 1. The molecule has 1 amide bonds. The Kier molecular flexibility index (Phi) is 4.65. The maximum atomic E-state index is 11.2. The molecular weight excluding hydrogens is 258 g/mol. The van der Waals surface area contributed by atoms with E-state index in [1.165, 1.54) is 6.20 Å². The van der Waals surface area contributed by atoms with Gasteiger partial charge >= 0.3 is 0 Å². The van der Waals surface area contributed by atoms with Crippen LogP contribution in [0.3, 0.4) is 0 Å². The van der Waals surface area contributed by atoms with Gasteiger partial charge in [0.1, 0.15) is 12.4 Å². The molecule has 2 rings (SSSR count). The quantitative estimate of drug-likeness (QED) is 0.424. The number of aliphatic hydroxyl groups is 1. The minimum atomic E-state index is -0.385. The Balaban J connectivity index is 1.94. The van der Waals surface area contributed by atoms with Crippen molar-refractivity contribution in [2.45, 2.75) is 13.2 Å². The summed E-state index contributed by atoms with van der Waals surface area (Å²) in [5.41, 5.74) is 3.96. The van der Waals surface area contributed by atoms with E-state index in [2.05, 4.69) is 4.98 Å². The Hall–Kier alpha value is -2.44. The van der Waals surface area contributed by atoms with Crippen LogP contribution < -0.4 is 16.0 Å². The van der Waals surface area contributed by atoms with Gasteiger partial charge in [0.25, 0.3) is 5.91 Å². The number of aliphatic hydroxyl groups excluding tert-OH is 1. The summed E-state index contributed by atoms with van der Waals surface area (Å²) in [5, 5.41) is 8.94. The third-order valence-corrected chi connectivity index (χ3v) is 2.71. The third-order valence-electron chi connectivity index (χ3n) is 2.71. The van der Waals surface area contributed by atoms with Crippen LogP contribution in [-0.2, 0) is 13.2 Å². The monoisotopic (exact) mass is 273 g/mol. The number of hydrazine groups is 1. The molecule has 0 aliphatic rings. The number of carbonyl (C=O) groups excluding carboxylic acids is 1. The van der Waals surface area contributed by atoms with E-state index in [0.29, 0.717) is 23.6 Å². The highest BCUT2D eigenvalue weighted by atomic mass is 16.5. The smallest absolute Gasteiger partial charge is 0.266 e. The van der Waals surface area contributed by atoms with Gasteiger partial charge in [-0.2, -0.15) is 0 Å². The molecule has 2 aromatic rings. The van der Waals surface area contributed by atoms with Crippen LogP contribution in [0.25, 0.3) is 0 Å². The van der Waals surface area contributed by atoms with E-state index < -0.39 is 0 Å². The fourth-order valence-corrected chi connectivity index (χ4v) is 1.58. The largest absolute Gasteiger partial charge is 0.487 e. The molecule has 0 unspecified atom stereocenters. The molecule has 0 aliphatic carbocycles. The van der Waals surface area contributed by atoms with Gasteiger partial charge in [-0.3, -0.25) is 15.2 Å². The normalized spacial score (nSPS) is 10.1. The van der Waals surface area contributed by atoms with E-state index in [4.69, 9.17) is 15.7 Å². The van der Waals surface area contributed by atoms with Crippen molar-refractivity contribution in [2.75, 3.05) is 0 Å². The predicted molar refractivity (Wildman–Crippen MR) is 72.6 cm³/mol. The molecule has 0 fully saturated rings. The number of aromatic nitrogens is 1. The maximum absolute atomic E-state index is 11.2. The van der Waals surface area contributed by atoms with Crippen molar-refractivity contribution in [1.29, 1.82) is 0 Å². The molecule has 1 heterocycles. The molecule has 0 radical (unpaired) electrons. The third kappa shape index (κ3) is 3.53. The number of nitrogens with two attached hydrogens (primary N) is 1. The molecular formula is C14H15N3O3. The lowest BCUT2D eigenvalue weighted by Crippen LogP contribution is -2.30. The average molecular weight is 273 g/mol. The number of nitrogen functional groups attached to an aromatic ring is 1. The van der Waals surface area contributed by atoms with Gasteiger partial charge in [-0.25, -0.2) is 5.84 Å². The number of ether oxygens (including phenoxy) is 1. The van der Waals surface area contributed by atoms with Gasteiger partial charge in [0.15, 0.2) is 0 Å². The van der Waals surface area contributed by atoms with Gasteiger partial charge in [0, 0.05) is 6.20 Å². The molecule has 6 heteroatoms. The van der Waals surface area contributed by atoms with Gasteiger partial charge in [0.05, 0.1) is 17.9 Å². The number of hydrogen-bond donors (Lipinski definition) is 3. The topological polar surface area (TPSA) is 97.5 Å². The first kappa shape index (κ1) is 14.0. The van der Waals surface area contributed by atoms with Gasteiger partial charge in [-0.1, -0.05) is 12.1 Å². The number of nitrogens with one attached hydrogen (secondary N) is 1. The van der Waals surface area contributed by atoms with Crippen molar-refractivity contribution in [1.82, 2.24) is 10.4 Å². The summed E-state index contributed by atoms with van der Waals surface area (Å²) in [6, 6.07) is 10.5. The highest BCUT2D eigenvalue weighted by molar-refractivity contribution is 5.93. The summed E-state index contributed by atoms with van der Waals surface area (Å²) < 4.78 is 5.55. The molecule has 0 saturated carbocycles. The number of nitrogens with zero attached hydrogens (tertiary/aromatic N) is 1. The van der Waals surface area contributed by atoms with Crippen LogP contribution in [0.4, 0.5) is 0 Å². The van der Waals surface area contributed by atoms with Crippen molar-refractivity contribution >= 4 is 5.91 Å². The zero-order valence-electron chi connectivity index (χ0n) is 10.7. The fraction of sp³-hybridized carbons (Fsp3) is 0.143. The van der Waals surface area contributed by atoms with Crippen LogP contribution in [0, 0.1) is 0 Å². The first-order valence-corrected chi connectivity index (χ1v) is 6.01. The molecule has 0 spiro atoms. The van der Waals surface area contributed by atoms with E-state index in [0.717, 1.165) is 5.56 Å². The SMILES string of the molecule is NNC(=O)c1ccc(COc2ccc(CO)cc2)nc1. The van der Waals surface area contributed by atoms with E-state index in [1.54, 1.807) is 36.4 Å². The Morgan fingerprint density at radius 2 is 2.00 bits per heavy atom. The molecule has 0 bridgehead atoms. The summed E-state index contributed by atoms with van der Waals surface area (Å²) >= 11 is 0. The minimum Gasteiger partial charge on any atom is -0.487 e. The average Bonchev–Trinajstić information content (AvgIpc) is 2.53. The summed E-state index contributed by atoms with van der Waals surface area (Å²) in [7, 11) is 0. The highest BCUT2D eigenvalue weighted by Gasteiger charge is 2.04. The van der Waals surface area contributed by atoms with E-state index in [9.17, 15) is 4.79 Å². The molecule has 0 atom stereocenters. The Labute approximate surface area is 116 Å². The van der Waals surface area contributed by atoms with Gasteiger partial charge in [-0.05, 0) is 29.8 Å². The van der Waals surface area contributed by atoms with Crippen molar-refractivity contribution in [3.8, 4) is 5.75 Å². The molecule has 6 nitrogen and oxygen atoms in total. The molecule has 20 heavy (non-hydrogen) atoms. The van der Waals surface area contributed by atoms with Crippen LogP contribution in [0.2, 0.25) is 0 Å². The number of pyridine rings is 1. The Morgan fingerprint density at radius 1 is 1.25 bits per heavy atom. The second-order valence-electron chi connectivity index (χ2n) is 4.10. The standard InChI is InChI=1S/C14H15N3O3/c15-17-14(19)11-3-4-12(16-7-11)9-20-13-5-1-10(8-18)2-6-13/h1-7,18H,8-9,15H2,(H,17,19). The van der Waals surface area contributed by atoms with E-state index in [-0.39, 0.29) is 12.5 Å². The van der Waals surface area contributed by atoms with Crippen LogP contribution in [-0.4, -0.2) is 16.0 Å². The second-order valence-corrected chi connectivity index (χ2v) is 4.10. The molecule has 0 saturated heterocycles. The van der Waals surface area contributed by atoms with E-state index >= 15 is 0 Å². The van der Waals surface area contributed by atoms with Gasteiger partial charge < -0.3 is 9.84 Å². The highest BCUT2D eigenvalue weighted by Crippen LogP contribution is 2.13. The summed E-state index contributed by atoms with van der Waals surface area (Å²) in [6.45, 7) is 0.301. The van der Waals surface area contributed by atoms with Crippen LogP contribution >= 0.6 is 0 Å². The number of rotatable bonds is 5. The Bertz CT molecular complexity index is 567. The lowest BCUT2D eigenvalue weighted by Gasteiger charge is -2.07. The first-order chi connectivity index (χ1) is 9.72. The number of benzene rings is 1. The minimum absolute atomic E-state index is 0.00645. The summed E-state index contributed by atoms with van der Waals surface area (Å²) in [6.07, 6.45) is 1.44. The fourth-order valence-electron chi connectivity index (χ4n) is 1.58.